The van der Waals surface area contributed by atoms with E-state index in [-0.39, 0.29) is 28.2 Å². The first-order chi connectivity index (χ1) is 13.6. The number of thiocarbonyl (C=S) groups is 1. The van der Waals surface area contributed by atoms with Crippen LogP contribution in [0.4, 0.5) is 28.9 Å². The molecule has 1 aliphatic rings. The minimum absolute atomic E-state index is 0.0248. The lowest BCUT2D eigenvalue weighted by atomic mass is 10.1. The Hall–Kier alpha value is -2.58. The molecule has 1 saturated heterocycles. The Labute approximate surface area is 176 Å². The lowest BCUT2D eigenvalue weighted by Gasteiger charge is -2.30. The van der Waals surface area contributed by atoms with Crippen LogP contribution in [0.3, 0.4) is 0 Å². The van der Waals surface area contributed by atoms with Crippen LogP contribution in [0.5, 0.6) is 0 Å². The fourth-order valence-corrected chi connectivity index (χ4v) is 3.50. The van der Waals surface area contributed by atoms with E-state index in [0.29, 0.717) is 18.2 Å². The number of amides is 1. The first kappa shape index (κ1) is 21.1. The Balaban J connectivity index is 2.07. The second kappa shape index (κ2) is 8.04. The summed E-state index contributed by atoms with van der Waals surface area (Å²) in [6.07, 6.45) is -3.46. The topological polar surface area (TPSA) is 60.2 Å². The van der Waals surface area contributed by atoms with Crippen LogP contribution in [0.2, 0.25) is 0 Å². The highest BCUT2D eigenvalue weighted by Crippen LogP contribution is 2.35. The Morgan fingerprint density at radius 1 is 1.24 bits per heavy atom. The number of alkyl halides is 3. The molecule has 0 aliphatic carbocycles. The van der Waals surface area contributed by atoms with Crippen molar-refractivity contribution in [3.63, 3.8) is 0 Å². The van der Waals surface area contributed by atoms with Crippen molar-refractivity contribution >= 4 is 50.5 Å². The van der Waals surface area contributed by atoms with Crippen LogP contribution in [-0.4, -0.2) is 22.5 Å². The fraction of sp³-hybridized carbons (Fsp3) is 0.222. The van der Waals surface area contributed by atoms with Gasteiger partial charge in [-0.15, -0.1) is 0 Å². The van der Waals surface area contributed by atoms with Gasteiger partial charge in [0.15, 0.2) is 10.8 Å². The van der Waals surface area contributed by atoms with Crippen molar-refractivity contribution in [2.75, 3.05) is 16.3 Å². The van der Waals surface area contributed by atoms with Crippen LogP contribution >= 0.6 is 28.1 Å². The summed E-state index contributed by atoms with van der Waals surface area (Å²) < 4.78 is 54.1. The number of halogens is 5. The lowest BCUT2D eigenvalue weighted by molar-refractivity contribution is -0.138. The standard InChI is InChI=1S/C18H11BrF4N4OS/c19-13-4-3-10(7-14(13)20)26-5-1-2-16(28)27(17(26)29)11-6-12(18(21,22)23)15(8-24)25-9-11/h3-4,6-7,9H,1-2,5H2. The SMILES string of the molecule is N#Cc1ncc(N2C(=O)CCCN(c3ccc(Br)c(F)c3)C2=S)cc1C(F)(F)F. The summed E-state index contributed by atoms with van der Waals surface area (Å²) in [7, 11) is 0. The molecule has 0 bridgehead atoms. The third-order valence-electron chi connectivity index (χ3n) is 4.20. The zero-order valence-electron chi connectivity index (χ0n) is 14.5. The van der Waals surface area contributed by atoms with E-state index in [2.05, 4.69) is 20.9 Å². The van der Waals surface area contributed by atoms with Crippen LogP contribution in [0.15, 0.2) is 34.9 Å². The quantitative estimate of drug-likeness (QED) is 0.451. The van der Waals surface area contributed by atoms with Gasteiger partial charge in [-0.05, 0) is 58.8 Å². The van der Waals surface area contributed by atoms with Gasteiger partial charge in [0.1, 0.15) is 11.9 Å². The van der Waals surface area contributed by atoms with Crippen LogP contribution < -0.4 is 9.80 Å². The van der Waals surface area contributed by atoms with E-state index in [0.717, 1.165) is 11.1 Å². The van der Waals surface area contributed by atoms with Crippen LogP contribution in [-0.2, 0) is 11.0 Å². The molecule has 1 amide bonds. The number of anilines is 2. The van der Waals surface area contributed by atoms with Gasteiger partial charge in [-0.3, -0.25) is 9.69 Å². The van der Waals surface area contributed by atoms with Gasteiger partial charge in [0.25, 0.3) is 0 Å². The molecule has 0 unspecified atom stereocenters. The third kappa shape index (κ3) is 4.23. The molecule has 1 aliphatic heterocycles. The highest BCUT2D eigenvalue weighted by Gasteiger charge is 2.37. The molecule has 2 heterocycles. The van der Waals surface area contributed by atoms with Crippen LogP contribution in [0.25, 0.3) is 0 Å². The maximum absolute atomic E-state index is 14.0. The van der Waals surface area contributed by atoms with E-state index in [4.69, 9.17) is 17.5 Å². The van der Waals surface area contributed by atoms with Crippen molar-refractivity contribution in [1.82, 2.24) is 4.98 Å². The van der Waals surface area contributed by atoms with E-state index in [1.807, 2.05) is 0 Å². The summed E-state index contributed by atoms with van der Waals surface area (Å²) in [6.45, 7) is 0.276. The van der Waals surface area contributed by atoms with Crippen molar-refractivity contribution in [2.24, 2.45) is 0 Å². The zero-order valence-corrected chi connectivity index (χ0v) is 16.9. The highest BCUT2D eigenvalue weighted by atomic mass is 79.9. The molecule has 0 radical (unpaired) electrons. The lowest BCUT2D eigenvalue weighted by Crippen LogP contribution is -2.44. The molecule has 0 spiro atoms. The molecule has 5 nitrogen and oxygen atoms in total. The summed E-state index contributed by atoms with van der Waals surface area (Å²) in [5.74, 6) is -1.07. The van der Waals surface area contributed by atoms with Crippen molar-refractivity contribution < 1.29 is 22.4 Å². The normalized spacial score (nSPS) is 15.3. The molecule has 11 heteroatoms. The largest absolute Gasteiger partial charge is 0.419 e. The predicted octanol–water partition coefficient (Wildman–Crippen LogP) is 4.79. The smallest absolute Gasteiger partial charge is 0.318 e. The van der Waals surface area contributed by atoms with Crippen molar-refractivity contribution in [3.05, 3.63) is 52.0 Å². The van der Waals surface area contributed by atoms with Gasteiger partial charge in [0.2, 0.25) is 5.91 Å². The van der Waals surface area contributed by atoms with Gasteiger partial charge < -0.3 is 4.90 Å². The average molecular weight is 487 g/mol. The zero-order chi connectivity index (χ0) is 21.3. The maximum atomic E-state index is 14.0. The van der Waals surface area contributed by atoms with E-state index in [1.165, 1.54) is 23.1 Å². The number of nitrogens with zero attached hydrogens (tertiary/aromatic N) is 4. The van der Waals surface area contributed by atoms with Crippen LogP contribution in [0, 0.1) is 17.1 Å². The minimum Gasteiger partial charge on any atom is -0.318 e. The molecule has 1 fully saturated rings. The summed E-state index contributed by atoms with van der Waals surface area (Å²) in [5.41, 5.74) is -1.93. The van der Waals surface area contributed by atoms with Gasteiger partial charge in [-0.25, -0.2) is 9.37 Å². The molecule has 150 valence electrons. The number of nitriles is 1. The van der Waals surface area contributed by atoms with Gasteiger partial charge in [0.05, 0.1) is 21.9 Å². The van der Waals surface area contributed by atoms with Gasteiger partial charge in [-0.2, -0.15) is 18.4 Å². The number of pyridine rings is 1. The van der Waals surface area contributed by atoms with Crippen LogP contribution in [0.1, 0.15) is 24.1 Å². The number of carbonyl (C=O) groups excluding carboxylic acids is 1. The summed E-state index contributed by atoms with van der Waals surface area (Å²) in [5, 5.41) is 8.80. The van der Waals surface area contributed by atoms with Gasteiger partial charge in [-0.1, -0.05) is 0 Å². The second-order valence-electron chi connectivity index (χ2n) is 6.06. The van der Waals surface area contributed by atoms with E-state index in [1.54, 1.807) is 6.07 Å². The molecule has 0 N–H and O–H groups in total. The number of carbonyl (C=O) groups is 1. The molecule has 29 heavy (non-hydrogen) atoms. The molecular formula is C18H11BrF4N4OS. The summed E-state index contributed by atoms with van der Waals surface area (Å²) in [6, 6.07) is 6.31. The monoisotopic (exact) mass is 486 g/mol. The predicted molar refractivity (Wildman–Crippen MR) is 105 cm³/mol. The molecule has 3 rings (SSSR count). The van der Waals surface area contributed by atoms with E-state index < -0.39 is 29.2 Å². The summed E-state index contributed by atoms with van der Waals surface area (Å²) in [4.78, 5) is 18.5. The number of benzene rings is 1. The number of hydrogen-bond donors (Lipinski definition) is 0. The first-order valence-corrected chi connectivity index (χ1v) is 9.40. The molecule has 1 aromatic heterocycles. The highest BCUT2D eigenvalue weighted by molar-refractivity contribution is 9.10. The fourth-order valence-electron chi connectivity index (χ4n) is 2.85. The van der Waals surface area contributed by atoms with Gasteiger partial charge in [0, 0.05) is 18.7 Å². The first-order valence-electron chi connectivity index (χ1n) is 8.20. The maximum Gasteiger partial charge on any atom is 0.419 e. The van der Waals surface area contributed by atoms with Gasteiger partial charge >= 0.3 is 6.18 Å². The average Bonchev–Trinajstić information content (AvgIpc) is 2.81. The van der Waals surface area contributed by atoms with E-state index in [9.17, 15) is 22.4 Å². The third-order valence-corrected chi connectivity index (χ3v) is 5.25. The second-order valence-corrected chi connectivity index (χ2v) is 7.28. The Morgan fingerprint density at radius 3 is 2.59 bits per heavy atom. The van der Waals surface area contributed by atoms with Crippen molar-refractivity contribution in [3.8, 4) is 6.07 Å². The van der Waals surface area contributed by atoms with Crippen molar-refractivity contribution in [1.29, 1.82) is 5.26 Å². The number of aromatic nitrogens is 1. The molecular weight excluding hydrogens is 476 g/mol. The molecule has 0 atom stereocenters. The Kier molecular flexibility index (Phi) is 5.86. The van der Waals surface area contributed by atoms with Crippen molar-refractivity contribution in [2.45, 2.75) is 19.0 Å². The van der Waals surface area contributed by atoms with E-state index >= 15 is 0 Å². The number of rotatable bonds is 2. The Bertz CT molecular complexity index is 1040. The summed E-state index contributed by atoms with van der Waals surface area (Å²) >= 11 is 8.42. The molecule has 1 aromatic carbocycles. The molecule has 2 aromatic rings. The number of hydrogen-bond acceptors (Lipinski definition) is 4. The molecule has 0 saturated carbocycles. The minimum atomic E-state index is -4.83. The Morgan fingerprint density at radius 2 is 1.97 bits per heavy atom.